The van der Waals surface area contributed by atoms with E-state index < -0.39 is 88.6 Å². The molecule has 120 valence electrons. The Hall–Kier alpha value is 7.81. The van der Waals surface area contributed by atoms with Crippen molar-refractivity contribution in [1.82, 2.24) is 0 Å². The molecule has 9 nitrogen and oxygen atoms in total. The average Bonchev–Trinajstić information content (AvgIpc) is 1.97. The molecule has 0 saturated carbocycles. The van der Waals surface area contributed by atoms with E-state index in [-0.39, 0.29) is 151 Å². The molecule has 0 bridgehead atoms. The molecule has 0 rings (SSSR count). The molecule has 0 radical (unpaired) electrons. The van der Waals surface area contributed by atoms with E-state index in [0.717, 1.165) is 0 Å². The SMILES string of the molecule is O=C(OS(=O)(=O)O)OS(=O)(=O)O.[CaH2].[CaH2].[CaH2].[CaH2].[Cl][Ca][Cl].[Cl][Ca][Cl]. The Balaban J connectivity index is -0.0000000393. The van der Waals surface area contributed by atoms with Crippen LogP contribution in [-0.2, 0) is 29.2 Å². The second kappa shape index (κ2) is 31.0. The Kier molecular flexibility index (Phi) is 67.0. The summed E-state index contributed by atoms with van der Waals surface area (Å²) in [7, 11) is -10.3. The summed E-state index contributed by atoms with van der Waals surface area (Å²) in [4.78, 5) is 9.95. The van der Waals surface area contributed by atoms with Gasteiger partial charge in [0.1, 0.15) is 0 Å². The van der Waals surface area contributed by atoms with Crippen molar-refractivity contribution in [2.45, 2.75) is 0 Å². The van der Waals surface area contributed by atoms with Gasteiger partial charge in [0.25, 0.3) is 0 Å². The van der Waals surface area contributed by atoms with E-state index in [1.807, 2.05) is 0 Å². The fraction of sp³-hybridized carbons (Fsp3) is 0. The third-order valence-corrected chi connectivity index (χ3v) is 1.04. The van der Waals surface area contributed by atoms with E-state index in [2.05, 4.69) is 8.37 Å². The fourth-order valence-electron chi connectivity index (χ4n) is 0.186. The van der Waals surface area contributed by atoms with Crippen molar-refractivity contribution in [2.75, 3.05) is 0 Å². The topological polar surface area (TPSA) is 144 Å². The molecule has 0 amide bonds. The van der Waals surface area contributed by atoms with Crippen molar-refractivity contribution < 1.29 is 39.1 Å². The van der Waals surface area contributed by atoms with Crippen molar-refractivity contribution in [1.29, 1.82) is 0 Å². The predicted octanol–water partition coefficient (Wildman–Crippen LogP) is -2.92. The van der Waals surface area contributed by atoms with Gasteiger partial charge in [0.2, 0.25) is 0 Å². The van der Waals surface area contributed by atoms with Crippen molar-refractivity contribution in [3.05, 3.63) is 0 Å². The van der Waals surface area contributed by atoms with Crippen LogP contribution in [0.15, 0.2) is 0 Å². The van der Waals surface area contributed by atoms with Crippen LogP contribution in [0, 0.1) is 0 Å². The number of hydrogen-bond donors (Lipinski definition) is 2. The van der Waals surface area contributed by atoms with Gasteiger partial charge in [0, 0.05) is 0 Å². The second-order valence-electron chi connectivity index (χ2n) is 1.47. The summed E-state index contributed by atoms with van der Waals surface area (Å²) in [6.07, 6.45) is 17.5. The fourth-order valence-corrected chi connectivity index (χ4v) is 0.641. The Morgan fingerprint density at radius 2 is 0.864 bits per heavy atom. The van der Waals surface area contributed by atoms with E-state index in [4.69, 9.17) is 34.7 Å². The second-order valence-corrected chi connectivity index (χ2v) is 10.8. The van der Waals surface area contributed by atoms with E-state index >= 15 is 0 Å². The summed E-state index contributed by atoms with van der Waals surface area (Å²) in [5.74, 6) is 0. The van der Waals surface area contributed by atoms with Crippen molar-refractivity contribution in [3.8, 4) is 0 Å². The van der Waals surface area contributed by atoms with Gasteiger partial charge >= 0.3 is 265 Å². The minimum atomic E-state index is -5.15. The van der Waals surface area contributed by atoms with Gasteiger partial charge in [0.15, 0.2) is 0 Å². The van der Waals surface area contributed by atoms with Crippen LogP contribution in [0.3, 0.4) is 0 Å². The Morgan fingerprint density at radius 3 is 0.955 bits per heavy atom. The first kappa shape index (κ1) is 47.6. The van der Waals surface area contributed by atoms with Crippen LogP contribution in [0.1, 0.15) is 0 Å². The van der Waals surface area contributed by atoms with E-state index in [9.17, 15) is 21.6 Å². The molecule has 0 aliphatic carbocycles. The molecule has 2 N–H and O–H groups in total. The first-order valence-electron chi connectivity index (χ1n) is 3.05. The number of rotatable bonds is 2. The number of carbonyl (C=O) groups excluding carboxylic acids is 1. The van der Waals surface area contributed by atoms with Crippen LogP contribution in [0.2, 0.25) is 0 Å². The Morgan fingerprint density at radius 1 is 0.727 bits per heavy atom. The predicted molar refractivity (Wildman–Crippen MR) is 99.8 cm³/mol. The van der Waals surface area contributed by atoms with Gasteiger partial charge in [-0.25, -0.2) is 4.79 Å². The van der Waals surface area contributed by atoms with Crippen LogP contribution in [-0.4, -0.2) is 245 Å². The van der Waals surface area contributed by atoms with Crippen molar-refractivity contribution in [3.63, 3.8) is 0 Å². The maximum absolute atomic E-state index is 9.95. The molecule has 22 heavy (non-hydrogen) atoms. The molecule has 0 atom stereocenters. The molecule has 0 aromatic rings. The van der Waals surface area contributed by atoms with E-state index in [0.29, 0.717) is 0 Å². The quantitative estimate of drug-likeness (QED) is 0.248. The summed E-state index contributed by atoms with van der Waals surface area (Å²) >= 11 is -1.86. The molecule has 0 unspecified atom stereocenters. The van der Waals surface area contributed by atoms with Gasteiger partial charge < -0.3 is 0 Å². The zero-order valence-corrected chi connectivity index (χ0v) is 17.1. The number of carbonyl (C=O) groups is 1. The first-order valence-corrected chi connectivity index (χ1v) is 17.9. The third kappa shape index (κ3) is 63.0. The van der Waals surface area contributed by atoms with Crippen LogP contribution in [0.25, 0.3) is 0 Å². The molecule has 0 aliphatic rings. The molecular formula is CH10Ca6Cl4O9S2. The standard InChI is InChI=1S/CH2O9S2.6Ca.4ClH.8H/c2-1(9-11(3,4)5)10-12(6,7)8;;;;;;;;;;;;;;;;;;/h(H,3,4,5)(H,6,7,8);;;;;;;4*1H;;;;;;;;/q;;;;;2*+2;;;;;;;;;;;;/p-4. The molecule has 0 aliphatic heterocycles. The van der Waals surface area contributed by atoms with Crippen molar-refractivity contribution >= 4 is 265 Å². The molecule has 0 fully saturated rings. The summed E-state index contributed by atoms with van der Waals surface area (Å²) in [6.45, 7) is 0. The molecule has 0 heterocycles. The van der Waals surface area contributed by atoms with Gasteiger partial charge in [0.05, 0.1) is 0 Å². The monoisotopic (exact) mass is 610 g/mol. The zero-order valence-electron chi connectivity index (χ0n) is 7.99. The summed E-state index contributed by atoms with van der Waals surface area (Å²) < 4.78 is 60.1. The van der Waals surface area contributed by atoms with Crippen LogP contribution >= 0.6 is 25.6 Å². The summed E-state index contributed by atoms with van der Waals surface area (Å²) in [5.41, 5.74) is 0. The molecule has 0 aromatic heterocycles. The summed E-state index contributed by atoms with van der Waals surface area (Å²) in [5, 5.41) is 0. The van der Waals surface area contributed by atoms with E-state index in [1.54, 1.807) is 0 Å². The van der Waals surface area contributed by atoms with Crippen LogP contribution in [0.4, 0.5) is 4.79 Å². The molecule has 0 aromatic carbocycles. The van der Waals surface area contributed by atoms with Crippen LogP contribution in [0.5, 0.6) is 0 Å². The van der Waals surface area contributed by atoms with Gasteiger partial charge in [-0.2, -0.15) is 16.8 Å². The minimum absolute atomic E-state index is 0. The van der Waals surface area contributed by atoms with Gasteiger partial charge in [-0.05, 0) is 0 Å². The third-order valence-electron chi connectivity index (χ3n) is 0.347. The molecule has 0 saturated heterocycles. The van der Waals surface area contributed by atoms with Crippen molar-refractivity contribution in [2.24, 2.45) is 0 Å². The molecule has 21 heteroatoms. The maximum atomic E-state index is 9.95. The Bertz CT molecular complexity index is 376. The average molecular weight is 612 g/mol. The van der Waals surface area contributed by atoms with E-state index in [1.165, 1.54) is 0 Å². The first-order chi connectivity index (χ1) is 7.93. The Labute approximate surface area is 294 Å². The number of halogens is 4. The molecule has 0 spiro atoms. The van der Waals surface area contributed by atoms with Gasteiger partial charge in [-0.1, -0.05) is 0 Å². The van der Waals surface area contributed by atoms with Gasteiger partial charge in [-0.15, -0.1) is 0 Å². The zero-order chi connectivity index (χ0) is 15.4. The normalized spacial score (nSPS) is 7.55. The molecular weight excluding hydrogens is 602 g/mol. The van der Waals surface area contributed by atoms with Gasteiger partial charge in [-0.3, -0.25) is 17.5 Å². The van der Waals surface area contributed by atoms with Crippen LogP contribution < -0.4 is 0 Å². The summed E-state index contributed by atoms with van der Waals surface area (Å²) in [6, 6.07) is 0. The number of hydrogen-bond acceptors (Lipinski definition) is 7.